The van der Waals surface area contributed by atoms with Gasteiger partial charge >= 0.3 is 0 Å². The third kappa shape index (κ3) is 1.82. The molecule has 0 aromatic heterocycles. The first-order chi connectivity index (χ1) is 10.8. The van der Waals surface area contributed by atoms with Crippen molar-refractivity contribution in [1.82, 2.24) is 4.90 Å². The summed E-state index contributed by atoms with van der Waals surface area (Å²) in [6.07, 6.45) is 7.91. The molecule has 2 aliphatic carbocycles. The van der Waals surface area contributed by atoms with Crippen molar-refractivity contribution in [3.63, 3.8) is 0 Å². The van der Waals surface area contributed by atoms with Crippen molar-refractivity contribution in [2.75, 3.05) is 6.54 Å². The molecule has 4 nitrogen and oxygen atoms in total. The standard InChI is InChI=1S/C18H21NO3/c20-11-19-8-7-18-6-2-1-3-15(18)17(19)9-13-4-5-14(22-12-21)10-16(13)18/h4-5,10-12,15,17H,1-3,6-9H2/t15-,17-,18+/m0/s1. The Hall–Kier alpha value is -1.84. The fourth-order valence-electron chi connectivity index (χ4n) is 5.27. The van der Waals surface area contributed by atoms with Gasteiger partial charge in [-0.05, 0) is 54.9 Å². The van der Waals surface area contributed by atoms with Gasteiger partial charge in [0.2, 0.25) is 6.41 Å². The topological polar surface area (TPSA) is 46.6 Å². The fraction of sp³-hybridized carbons (Fsp3) is 0.556. The number of piperidine rings is 1. The molecule has 1 heterocycles. The Morgan fingerprint density at radius 3 is 2.95 bits per heavy atom. The second kappa shape index (κ2) is 5.11. The Balaban J connectivity index is 1.84. The van der Waals surface area contributed by atoms with Crippen molar-refractivity contribution in [1.29, 1.82) is 0 Å². The van der Waals surface area contributed by atoms with Gasteiger partial charge in [0, 0.05) is 18.0 Å². The molecule has 116 valence electrons. The molecule has 0 N–H and O–H groups in total. The first-order valence-corrected chi connectivity index (χ1v) is 8.23. The average molecular weight is 299 g/mol. The van der Waals surface area contributed by atoms with Crippen molar-refractivity contribution in [3.05, 3.63) is 29.3 Å². The Kier molecular flexibility index (Phi) is 3.21. The van der Waals surface area contributed by atoms with Gasteiger partial charge in [-0.15, -0.1) is 0 Å². The molecular formula is C18H21NO3. The molecule has 1 aliphatic heterocycles. The molecule has 3 aliphatic rings. The number of carbonyl (C=O) groups excluding carboxylic acids is 2. The van der Waals surface area contributed by atoms with E-state index in [1.807, 2.05) is 11.0 Å². The number of benzene rings is 1. The van der Waals surface area contributed by atoms with Crippen LogP contribution in [0.4, 0.5) is 0 Å². The van der Waals surface area contributed by atoms with Gasteiger partial charge in [0.15, 0.2) is 0 Å². The van der Waals surface area contributed by atoms with Gasteiger partial charge in [-0.25, -0.2) is 0 Å². The van der Waals surface area contributed by atoms with Crippen LogP contribution in [0.5, 0.6) is 5.75 Å². The average Bonchev–Trinajstić information content (AvgIpc) is 2.56. The van der Waals surface area contributed by atoms with Crippen LogP contribution in [0.3, 0.4) is 0 Å². The number of rotatable bonds is 3. The van der Waals surface area contributed by atoms with Gasteiger partial charge in [-0.2, -0.15) is 0 Å². The lowest BCUT2D eigenvalue weighted by atomic mass is 9.52. The summed E-state index contributed by atoms with van der Waals surface area (Å²) in [5, 5.41) is 0. The zero-order valence-electron chi connectivity index (χ0n) is 12.7. The molecule has 1 aromatic rings. The van der Waals surface area contributed by atoms with Crippen LogP contribution < -0.4 is 4.74 Å². The molecule has 1 saturated carbocycles. The van der Waals surface area contributed by atoms with E-state index in [1.54, 1.807) is 0 Å². The van der Waals surface area contributed by atoms with Gasteiger partial charge in [0.25, 0.3) is 6.47 Å². The highest BCUT2D eigenvalue weighted by molar-refractivity contribution is 5.54. The van der Waals surface area contributed by atoms with Crippen molar-refractivity contribution < 1.29 is 14.3 Å². The number of carbonyl (C=O) groups is 2. The predicted molar refractivity (Wildman–Crippen MR) is 81.6 cm³/mol. The highest BCUT2D eigenvalue weighted by Gasteiger charge is 2.53. The quantitative estimate of drug-likeness (QED) is 0.805. The normalized spacial score (nSPS) is 32.6. The van der Waals surface area contributed by atoms with Gasteiger partial charge in [-0.3, -0.25) is 9.59 Å². The van der Waals surface area contributed by atoms with E-state index in [0.717, 1.165) is 25.8 Å². The second-order valence-electron chi connectivity index (χ2n) is 6.91. The molecule has 1 aromatic carbocycles. The van der Waals surface area contributed by atoms with Crippen LogP contribution in [0.1, 0.15) is 43.2 Å². The van der Waals surface area contributed by atoms with Crippen molar-refractivity contribution in [2.24, 2.45) is 5.92 Å². The Morgan fingerprint density at radius 2 is 2.14 bits per heavy atom. The lowest BCUT2D eigenvalue weighted by molar-refractivity contribution is -0.127. The second-order valence-corrected chi connectivity index (χ2v) is 6.91. The number of fused-ring (bicyclic) bond motifs is 1. The molecule has 1 saturated heterocycles. The molecule has 4 rings (SSSR count). The summed E-state index contributed by atoms with van der Waals surface area (Å²) in [4.78, 5) is 24.1. The minimum absolute atomic E-state index is 0.179. The van der Waals surface area contributed by atoms with E-state index in [-0.39, 0.29) is 5.41 Å². The third-order valence-corrected chi connectivity index (χ3v) is 6.17. The Bertz CT molecular complexity index is 614. The highest BCUT2D eigenvalue weighted by Crippen LogP contribution is 2.55. The summed E-state index contributed by atoms with van der Waals surface area (Å²) in [6.45, 7) is 1.35. The number of hydrogen-bond donors (Lipinski definition) is 0. The number of amides is 1. The van der Waals surface area contributed by atoms with Crippen molar-refractivity contribution in [3.8, 4) is 5.75 Å². The van der Waals surface area contributed by atoms with E-state index in [1.165, 1.54) is 36.8 Å². The number of hydrogen-bond acceptors (Lipinski definition) is 3. The van der Waals surface area contributed by atoms with Crippen LogP contribution >= 0.6 is 0 Å². The molecule has 4 heteroatoms. The molecular weight excluding hydrogens is 278 g/mol. The van der Waals surface area contributed by atoms with Gasteiger partial charge in [-0.1, -0.05) is 18.9 Å². The highest BCUT2D eigenvalue weighted by atomic mass is 16.5. The smallest absolute Gasteiger partial charge is 0.298 e. The summed E-state index contributed by atoms with van der Waals surface area (Å²) in [7, 11) is 0. The Morgan fingerprint density at radius 1 is 1.23 bits per heavy atom. The molecule has 1 amide bonds. The first-order valence-electron chi connectivity index (χ1n) is 8.23. The molecule has 22 heavy (non-hydrogen) atoms. The summed E-state index contributed by atoms with van der Waals surface area (Å²) in [5.74, 6) is 1.20. The van der Waals surface area contributed by atoms with E-state index < -0.39 is 0 Å². The maximum atomic E-state index is 11.5. The largest absolute Gasteiger partial charge is 0.429 e. The monoisotopic (exact) mass is 299 g/mol. The SMILES string of the molecule is O=COc1ccc2c(c1)[C@@]13CCCC[C@H]1[C@H](C2)N(C=O)CC3. The van der Waals surface area contributed by atoms with Crippen molar-refractivity contribution in [2.45, 2.75) is 50.0 Å². The zero-order chi connectivity index (χ0) is 15.2. The van der Waals surface area contributed by atoms with Crippen LogP contribution in [-0.2, 0) is 21.4 Å². The first kappa shape index (κ1) is 13.8. The fourth-order valence-corrected chi connectivity index (χ4v) is 5.27. The number of nitrogens with zero attached hydrogens (tertiary/aromatic N) is 1. The molecule has 0 unspecified atom stereocenters. The van der Waals surface area contributed by atoms with Gasteiger partial charge in [0.1, 0.15) is 5.75 Å². The lowest BCUT2D eigenvalue weighted by Crippen LogP contribution is -2.60. The van der Waals surface area contributed by atoms with E-state index in [0.29, 0.717) is 24.2 Å². The number of ether oxygens (including phenoxy) is 1. The van der Waals surface area contributed by atoms with Crippen LogP contribution in [0, 0.1) is 5.92 Å². The summed E-state index contributed by atoms with van der Waals surface area (Å²) < 4.78 is 5.08. The predicted octanol–water partition coefficient (Wildman–Crippen LogP) is 2.44. The van der Waals surface area contributed by atoms with Crippen LogP contribution in [0.2, 0.25) is 0 Å². The van der Waals surface area contributed by atoms with E-state index in [2.05, 4.69) is 12.1 Å². The minimum Gasteiger partial charge on any atom is -0.429 e. The van der Waals surface area contributed by atoms with Gasteiger partial charge < -0.3 is 9.64 Å². The lowest BCUT2D eigenvalue weighted by Gasteiger charge is -2.58. The minimum atomic E-state index is 0.179. The van der Waals surface area contributed by atoms with E-state index in [4.69, 9.17) is 4.74 Å². The van der Waals surface area contributed by atoms with Crippen molar-refractivity contribution >= 4 is 12.9 Å². The maximum absolute atomic E-state index is 11.5. The van der Waals surface area contributed by atoms with Crippen LogP contribution in [-0.4, -0.2) is 30.4 Å². The van der Waals surface area contributed by atoms with E-state index >= 15 is 0 Å². The Labute approximate surface area is 130 Å². The third-order valence-electron chi connectivity index (χ3n) is 6.17. The molecule has 2 bridgehead atoms. The summed E-state index contributed by atoms with van der Waals surface area (Å²) in [5.41, 5.74) is 2.88. The van der Waals surface area contributed by atoms with Crippen LogP contribution in [0.25, 0.3) is 0 Å². The number of likely N-dealkylation sites (tertiary alicyclic amines) is 1. The summed E-state index contributed by atoms with van der Waals surface area (Å²) in [6, 6.07) is 6.38. The maximum Gasteiger partial charge on any atom is 0.298 e. The molecule has 3 atom stereocenters. The molecule has 0 radical (unpaired) electrons. The molecule has 0 spiro atoms. The summed E-state index contributed by atoms with van der Waals surface area (Å²) >= 11 is 0. The molecule has 2 fully saturated rings. The van der Waals surface area contributed by atoms with Gasteiger partial charge in [0.05, 0.1) is 0 Å². The zero-order valence-corrected chi connectivity index (χ0v) is 12.7. The van der Waals surface area contributed by atoms with Crippen LogP contribution in [0.15, 0.2) is 18.2 Å². The van der Waals surface area contributed by atoms with E-state index in [9.17, 15) is 9.59 Å².